The van der Waals surface area contributed by atoms with Crippen molar-refractivity contribution in [2.75, 3.05) is 25.1 Å². The molecule has 0 saturated heterocycles. The molecule has 2 aromatic rings. The molecule has 1 N–H and O–H groups in total. The minimum absolute atomic E-state index is 0.610. The lowest BCUT2D eigenvalue weighted by Crippen LogP contribution is -2.01. The molecule has 0 bridgehead atoms. The highest BCUT2D eigenvalue weighted by atomic mass is 16.5. The van der Waals surface area contributed by atoms with E-state index in [1.165, 1.54) is 0 Å². The Labute approximate surface area is 113 Å². The second kappa shape index (κ2) is 6.27. The second-order valence-corrected chi connectivity index (χ2v) is 4.08. The van der Waals surface area contributed by atoms with Gasteiger partial charge in [-0.15, -0.1) is 0 Å². The van der Waals surface area contributed by atoms with Crippen LogP contribution in [0.4, 0.5) is 5.82 Å². The maximum atomic E-state index is 5.61. The fourth-order valence-corrected chi connectivity index (χ4v) is 1.95. The molecular weight excluding hydrogens is 240 g/mol. The molecule has 4 nitrogen and oxygen atoms in total. The molecular formula is C15H20N2O2. The number of aromatic nitrogens is 1. The molecule has 102 valence electrons. The molecule has 0 saturated carbocycles. The molecule has 0 atom stereocenters. The van der Waals surface area contributed by atoms with Crippen molar-refractivity contribution in [3.05, 3.63) is 24.3 Å². The van der Waals surface area contributed by atoms with Crippen LogP contribution in [0.5, 0.6) is 11.5 Å². The average Bonchev–Trinajstić information content (AvgIpc) is 2.40. The fourth-order valence-electron chi connectivity index (χ4n) is 1.95. The van der Waals surface area contributed by atoms with E-state index < -0.39 is 0 Å². The maximum absolute atomic E-state index is 5.61. The normalized spacial score (nSPS) is 10.5. The lowest BCUT2D eigenvalue weighted by Gasteiger charge is -2.12. The van der Waals surface area contributed by atoms with Gasteiger partial charge in [-0.25, -0.2) is 4.98 Å². The van der Waals surface area contributed by atoms with Crippen molar-refractivity contribution in [3.63, 3.8) is 0 Å². The van der Waals surface area contributed by atoms with Crippen LogP contribution < -0.4 is 14.8 Å². The number of ether oxygens (including phenoxy) is 2. The summed E-state index contributed by atoms with van der Waals surface area (Å²) in [7, 11) is 0. The lowest BCUT2D eigenvalue weighted by atomic mass is 10.2. The molecule has 0 amide bonds. The van der Waals surface area contributed by atoms with Crippen LogP contribution in [0.2, 0.25) is 0 Å². The van der Waals surface area contributed by atoms with Crippen LogP contribution in [0.1, 0.15) is 20.8 Å². The van der Waals surface area contributed by atoms with Crippen LogP contribution in [0.3, 0.4) is 0 Å². The third-order valence-corrected chi connectivity index (χ3v) is 2.71. The first-order valence-corrected chi connectivity index (χ1v) is 6.72. The van der Waals surface area contributed by atoms with Crippen LogP contribution >= 0.6 is 0 Å². The van der Waals surface area contributed by atoms with Gasteiger partial charge in [-0.1, -0.05) is 0 Å². The van der Waals surface area contributed by atoms with E-state index in [1.54, 1.807) is 0 Å². The number of nitrogens with one attached hydrogen (secondary N) is 1. The Hall–Kier alpha value is -1.97. The Kier molecular flexibility index (Phi) is 4.44. The average molecular weight is 260 g/mol. The van der Waals surface area contributed by atoms with E-state index in [9.17, 15) is 0 Å². The van der Waals surface area contributed by atoms with Gasteiger partial charge in [0.2, 0.25) is 0 Å². The quantitative estimate of drug-likeness (QED) is 0.863. The molecule has 1 heterocycles. The topological polar surface area (TPSA) is 43.4 Å². The first-order valence-electron chi connectivity index (χ1n) is 6.72. The molecule has 1 aromatic heterocycles. The number of pyridine rings is 1. The zero-order valence-corrected chi connectivity index (χ0v) is 11.7. The Morgan fingerprint density at radius 2 is 1.68 bits per heavy atom. The highest BCUT2D eigenvalue weighted by Gasteiger charge is 2.08. The summed E-state index contributed by atoms with van der Waals surface area (Å²) in [6.07, 6.45) is 0. The van der Waals surface area contributed by atoms with Gasteiger partial charge in [0.15, 0.2) is 11.5 Å². The van der Waals surface area contributed by atoms with E-state index in [0.29, 0.717) is 13.2 Å². The summed E-state index contributed by atoms with van der Waals surface area (Å²) in [6.45, 7) is 8.06. The zero-order chi connectivity index (χ0) is 13.7. The van der Waals surface area contributed by atoms with Crippen molar-refractivity contribution in [3.8, 4) is 11.5 Å². The Balaban J connectivity index is 2.46. The highest BCUT2D eigenvalue weighted by Crippen LogP contribution is 2.32. The smallest absolute Gasteiger partial charge is 0.163 e. The van der Waals surface area contributed by atoms with Crippen molar-refractivity contribution in [2.45, 2.75) is 20.8 Å². The number of fused-ring (bicyclic) bond motifs is 1. The lowest BCUT2D eigenvalue weighted by molar-refractivity contribution is 0.288. The van der Waals surface area contributed by atoms with Gasteiger partial charge in [0, 0.05) is 18.0 Å². The molecule has 2 rings (SSSR count). The van der Waals surface area contributed by atoms with Gasteiger partial charge < -0.3 is 14.8 Å². The van der Waals surface area contributed by atoms with Crippen LogP contribution in [0.25, 0.3) is 10.9 Å². The van der Waals surface area contributed by atoms with Crippen LogP contribution in [0, 0.1) is 0 Å². The SMILES string of the molecule is CCNc1ccc2cc(OCC)c(OCC)cc2n1. The molecule has 0 radical (unpaired) electrons. The van der Waals surface area contributed by atoms with Gasteiger partial charge in [0.1, 0.15) is 5.82 Å². The van der Waals surface area contributed by atoms with E-state index in [0.717, 1.165) is 34.8 Å². The van der Waals surface area contributed by atoms with Gasteiger partial charge in [-0.3, -0.25) is 0 Å². The Bertz CT molecular complexity index is 555. The number of anilines is 1. The summed E-state index contributed by atoms with van der Waals surface area (Å²) in [5.74, 6) is 2.40. The maximum Gasteiger partial charge on any atom is 0.163 e. The minimum Gasteiger partial charge on any atom is -0.490 e. The van der Waals surface area contributed by atoms with Crippen molar-refractivity contribution in [2.24, 2.45) is 0 Å². The summed E-state index contributed by atoms with van der Waals surface area (Å²) in [5.41, 5.74) is 0.908. The van der Waals surface area contributed by atoms with E-state index in [2.05, 4.69) is 17.2 Å². The predicted molar refractivity (Wildman–Crippen MR) is 78.2 cm³/mol. The molecule has 1 aromatic carbocycles. The summed E-state index contributed by atoms with van der Waals surface area (Å²) >= 11 is 0. The second-order valence-electron chi connectivity index (χ2n) is 4.08. The van der Waals surface area contributed by atoms with Crippen molar-refractivity contribution >= 4 is 16.7 Å². The molecule has 19 heavy (non-hydrogen) atoms. The standard InChI is InChI=1S/C15H20N2O2/c1-4-16-15-8-7-11-9-13(18-5-2)14(19-6-3)10-12(11)17-15/h7-10H,4-6H2,1-3H3,(H,16,17). The molecule has 0 fully saturated rings. The third-order valence-electron chi connectivity index (χ3n) is 2.71. The number of hydrogen-bond donors (Lipinski definition) is 1. The monoisotopic (exact) mass is 260 g/mol. The fraction of sp³-hybridized carbons (Fsp3) is 0.400. The first-order chi connectivity index (χ1) is 9.28. The van der Waals surface area contributed by atoms with E-state index in [-0.39, 0.29) is 0 Å². The van der Waals surface area contributed by atoms with Crippen molar-refractivity contribution < 1.29 is 9.47 Å². The number of benzene rings is 1. The summed E-state index contributed by atoms with van der Waals surface area (Å²) < 4.78 is 11.2. The van der Waals surface area contributed by atoms with Crippen LogP contribution in [-0.2, 0) is 0 Å². The van der Waals surface area contributed by atoms with Gasteiger partial charge >= 0.3 is 0 Å². The first kappa shape index (κ1) is 13.5. The summed E-state index contributed by atoms with van der Waals surface area (Å²) in [6, 6.07) is 7.93. The third kappa shape index (κ3) is 3.08. The Morgan fingerprint density at radius 3 is 2.32 bits per heavy atom. The summed E-state index contributed by atoms with van der Waals surface area (Å²) in [5, 5.41) is 4.26. The molecule has 0 aliphatic heterocycles. The van der Waals surface area contributed by atoms with Gasteiger partial charge in [0.05, 0.1) is 18.7 Å². The number of hydrogen-bond acceptors (Lipinski definition) is 4. The molecule has 0 spiro atoms. The number of nitrogens with zero attached hydrogens (tertiary/aromatic N) is 1. The van der Waals surface area contributed by atoms with E-state index in [4.69, 9.17) is 9.47 Å². The van der Waals surface area contributed by atoms with Crippen LogP contribution in [-0.4, -0.2) is 24.7 Å². The van der Waals surface area contributed by atoms with Gasteiger partial charge in [-0.05, 0) is 39.0 Å². The van der Waals surface area contributed by atoms with Crippen LogP contribution in [0.15, 0.2) is 24.3 Å². The van der Waals surface area contributed by atoms with Gasteiger partial charge in [-0.2, -0.15) is 0 Å². The summed E-state index contributed by atoms with van der Waals surface area (Å²) in [4.78, 5) is 4.56. The van der Waals surface area contributed by atoms with E-state index in [1.807, 2.05) is 38.1 Å². The minimum atomic E-state index is 0.610. The Morgan fingerprint density at radius 1 is 1.00 bits per heavy atom. The predicted octanol–water partition coefficient (Wildman–Crippen LogP) is 3.46. The zero-order valence-electron chi connectivity index (χ0n) is 11.7. The largest absolute Gasteiger partial charge is 0.490 e. The van der Waals surface area contributed by atoms with Crippen molar-refractivity contribution in [1.29, 1.82) is 0 Å². The molecule has 0 aliphatic carbocycles. The molecule has 4 heteroatoms. The number of rotatable bonds is 6. The van der Waals surface area contributed by atoms with Gasteiger partial charge in [0.25, 0.3) is 0 Å². The molecule has 0 aliphatic rings. The van der Waals surface area contributed by atoms with E-state index >= 15 is 0 Å². The highest BCUT2D eigenvalue weighted by molar-refractivity contribution is 5.84. The molecule has 0 unspecified atom stereocenters. The van der Waals surface area contributed by atoms with Crippen molar-refractivity contribution in [1.82, 2.24) is 4.98 Å².